The minimum absolute atomic E-state index is 0.0313. The number of alkyl carbamates (subject to hydrolysis) is 1. The minimum Gasteiger partial charge on any atom is -0.442 e. The smallest absolute Gasteiger partial charge is 0.407 e. The molecule has 0 radical (unpaired) electrons. The molecule has 1 aromatic carbocycles. The Kier molecular flexibility index (Phi) is 4.84. The summed E-state index contributed by atoms with van der Waals surface area (Å²) >= 11 is 0. The molecule has 2 aliphatic heterocycles. The molecule has 0 spiro atoms. The molecule has 2 fully saturated rings. The summed E-state index contributed by atoms with van der Waals surface area (Å²) in [6, 6.07) is 6.74. The van der Waals surface area contributed by atoms with Crippen LogP contribution in [0, 0.1) is 0 Å². The number of hydrogen-bond donors (Lipinski definition) is 2. The molecule has 1 aromatic rings. The van der Waals surface area contributed by atoms with Crippen LogP contribution < -0.4 is 15.5 Å². The monoisotopic (exact) mass is 337 g/mol. The van der Waals surface area contributed by atoms with E-state index >= 15 is 0 Å². The molecule has 0 bridgehead atoms. The molecule has 2 amide bonds. The van der Waals surface area contributed by atoms with Crippen molar-refractivity contribution in [3.8, 4) is 0 Å². The van der Waals surface area contributed by atoms with Crippen LogP contribution in [0.25, 0.3) is 0 Å². The van der Waals surface area contributed by atoms with Crippen molar-refractivity contribution in [2.45, 2.75) is 25.4 Å². The molecule has 2 N–H and O–H groups in total. The predicted octanol–water partition coefficient (Wildman–Crippen LogP) is 1.10. The number of cyclic esters (lactones) is 1. The van der Waals surface area contributed by atoms with Crippen LogP contribution in [0.2, 0.25) is 0 Å². The Labute approximate surface area is 139 Å². The van der Waals surface area contributed by atoms with E-state index in [2.05, 4.69) is 10.6 Å². The number of ether oxygens (including phenoxy) is 2. The number of carbonyl (C=O) groups is 2. The standard InChI is InChI=1S/C16H20FN3O4/c1-10(21)19-15(13-8-18-16(22)24-13)11-3-2-4-12(7-11)20-5-6-23-9-14(20)17/h2-4,7,13-15H,5-6,8-9H2,1H3,(H,18,22)(H,19,21). The molecular weight excluding hydrogens is 317 g/mol. The summed E-state index contributed by atoms with van der Waals surface area (Å²) in [5.41, 5.74) is 1.46. The van der Waals surface area contributed by atoms with Gasteiger partial charge >= 0.3 is 6.09 Å². The highest BCUT2D eigenvalue weighted by Crippen LogP contribution is 2.27. The van der Waals surface area contributed by atoms with E-state index in [0.29, 0.717) is 25.4 Å². The Morgan fingerprint density at radius 2 is 2.33 bits per heavy atom. The third-order valence-corrected chi connectivity index (χ3v) is 4.07. The second-order valence-corrected chi connectivity index (χ2v) is 5.80. The van der Waals surface area contributed by atoms with E-state index in [9.17, 15) is 14.0 Å². The molecule has 2 saturated heterocycles. The van der Waals surface area contributed by atoms with E-state index < -0.39 is 24.5 Å². The maximum absolute atomic E-state index is 14.1. The average Bonchev–Trinajstić information content (AvgIpc) is 2.99. The molecule has 24 heavy (non-hydrogen) atoms. The van der Waals surface area contributed by atoms with E-state index in [4.69, 9.17) is 9.47 Å². The van der Waals surface area contributed by atoms with Crippen molar-refractivity contribution < 1.29 is 23.5 Å². The predicted molar refractivity (Wildman–Crippen MR) is 84.3 cm³/mol. The van der Waals surface area contributed by atoms with Crippen molar-refractivity contribution in [2.24, 2.45) is 0 Å². The molecule has 0 saturated carbocycles. The average molecular weight is 337 g/mol. The van der Waals surface area contributed by atoms with Crippen LogP contribution in [0.4, 0.5) is 14.9 Å². The lowest BCUT2D eigenvalue weighted by molar-refractivity contribution is -0.120. The van der Waals surface area contributed by atoms with Gasteiger partial charge < -0.3 is 25.0 Å². The zero-order valence-corrected chi connectivity index (χ0v) is 13.3. The molecule has 130 valence electrons. The summed E-state index contributed by atoms with van der Waals surface area (Å²) in [4.78, 5) is 24.5. The minimum atomic E-state index is -1.21. The van der Waals surface area contributed by atoms with Gasteiger partial charge in [0.05, 0.1) is 25.8 Å². The second kappa shape index (κ2) is 7.04. The highest BCUT2D eigenvalue weighted by molar-refractivity contribution is 5.74. The molecule has 3 unspecified atom stereocenters. The van der Waals surface area contributed by atoms with Crippen LogP contribution in [0.5, 0.6) is 0 Å². The van der Waals surface area contributed by atoms with Crippen LogP contribution in [0.1, 0.15) is 18.5 Å². The maximum Gasteiger partial charge on any atom is 0.407 e. The fraction of sp³-hybridized carbons (Fsp3) is 0.500. The molecule has 3 rings (SSSR count). The van der Waals surface area contributed by atoms with Gasteiger partial charge in [0.15, 0.2) is 6.30 Å². The molecule has 8 heteroatoms. The lowest BCUT2D eigenvalue weighted by Gasteiger charge is -2.33. The van der Waals surface area contributed by atoms with Gasteiger partial charge in [-0.1, -0.05) is 12.1 Å². The molecule has 2 aliphatic rings. The van der Waals surface area contributed by atoms with Gasteiger partial charge in [0.25, 0.3) is 0 Å². The van der Waals surface area contributed by atoms with E-state index in [0.717, 1.165) is 5.56 Å². The van der Waals surface area contributed by atoms with Crippen molar-refractivity contribution >= 4 is 17.7 Å². The van der Waals surface area contributed by atoms with Gasteiger partial charge in [-0.2, -0.15) is 0 Å². The number of carbonyl (C=O) groups excluding carboxylic acids is 2. The number of hydrogen-bond acceptors (Lipinski definition) is 5. The van der Waals surface area contributed by atoms with Crippen LogP contribution >= 0.6 is 0 Å². The van der Waals surface area contributed by atoms with Gasteiger partial charge in [-0.05, 0) is 17.7 Å². The Balaban J connectivity index is 1.86. The first kappa shape index (κ1) is 16.5. The van der Waals surface area contributed by atoms with E-state index in [1.54, 1.807) is 11.0 Å². The topological polar surface area (TPSA) is 79.9 Å². The van der Waals surface area contributed by atoms with Gasteiger partial charge in [0.2, 0.25) is 5.91 Å². The van der Waals surface area contributed by atoms with Crippen molar-refractivity contribution in [1.82, 2.24) is 10.6 Å². The van der Waals surface area contributed by atoms with Crippen molar-refractivity contribution in [3.05, 3.63) is 29.8 Å². The number of benzene rings is 1. The van der Waals surface area contributed by atoms with Gasteiger partial charge in [-0.15, -0.1) is 0 Å². The maximum atomic E-state index is 14.1. The number of nitrogens with zero attached hydrogens (tertiary/aromatic N) is 1. The summed E-state index contributed by atoms with van der Waals surface area (Å²) in [6.07, 6.45) is -2.23. The number of anilines is 1. The van der Waals surface area contributed by atoms with Crippen molar-refractivity contribution in [1.29, 1.82) is 0 Å². The number of halogens is 1. The lowest BCUT2D eigenvalue weighted by Crippen LogP contribution is -2.43. The van der Waals surface area contributed by atoms with Crippen molar-refractivity contribution in [3.63, 3.8) is 0 Å². The van der Waals surface area contributed by atoms with Crippen LogP contribution in [-0.2, 0) is 14.3 Å². The summed E-state index contributed by atoms with van der Waals surface area (Å²) < 4.78 is 24.4. The number of rotatable bonds is 4. The van der Waals surface area contributed by atoms with Gasteiger partial charge in [-0.25, -0.2) is 9.18 Å². The summed E-state index contributed by atoms with van der Waals surface area (Å²) in [7, 11) is 0. The largest absolute Gasteiger partial charge is 0.442 e. The zero-order chi connectivity index (χ0) is 17.1. The highest BCUT2D eigenvalue weighted by Gasteiger charge is 2.33. The Morgan fingerprint density at radius 3 is 3.00 bits per heavy atom. The van der Waals surface area contributed by atoms with Crippen molar-refractivity contribution in [2.75, 3.05) is 31.2 Å². The third-order valence-electron chi connectivity index (χ3n) is 4.07. The Hall–Kier alpha value is -2.35. The third kappa shape index (κ3) is 3.59. The summed E-state index contributed by atoms with van der Waals surface area (Å²) in [6.45, 7) is 2.65. The van der Waals surface area contributed by atoms with E-state index in [1.165, 1.54) is 6.92 Å². The summed E-state index contributed by atoms with van der Waals surface area (Å²) in [5.74, 6) is -0.233. The second-order valence-electron chi connectivity index (χ2n) is 5.80. The number of nitrogens with one attached hydrogen (secondary N) is 2. The fourth-order valence-corrected chi connectivity index (χ4v) is 2.96. The molecule has 0 aromatic heterocycles. The normalized spacial score (nSPS) is 24.9. The summed E-state index contributed by atoms with van der Waals surface area (Å²) in [5, 5.41) is 5.39. The Bertz CT molecular complexity index is 627. The fourth-order valence-electron chi connectivity index (χ4n) is 2.96. The number of morpholine rings is 1. The molecule has 0 aliphatic carbocycles. The quantitative estimate of drug-likeness (QED) is 0.805. The lowest BCUT2D eigenvalue weighted by atomic mass is 10.00. The van der Waals surface area contributed by atoms with E-state index in [1.807, 2.05) is 18.2 Å². The highest BCUT2D eigenvalue weighted by atomic mass is 19.1. The Morgan fingerprint density at radius 1 is 1.50 bits per heavy atom. The number of amides is 2. The van der Waals surface area contributed by atoms with Gasteiger partial charge in [0, 0.05) is 19.2 Å². The van der Waals surface area contributed by atoms with Crippen LogP contribution in [0.15, 0.2) is 24.3 Å². The first-order valence-electron chi connectivity index (χ1n) is 7.84. The molecule has 3 atom stereocenters. The molecule has 2 heterocycles. The number of alkyl halides is 1. The first-order chi connectivity index (χ1) is 11.5. The van der Waals surface area contributed by atoms with Gasteiger partial charge in [0.1, 0.15) is 6.10 Å². The SMILES string of the molecule is CC(=O)NC(c1cccc(N2CCOCC2F)c1)C1CNC(=O)O1. The molecular formula is C16H20FN3O4. The van der Waals surface area contributed by atoms with E-state index in [-0.39, 0.29) is 12.5 Å². The molecule has 7 nitrogen and oxygen atoms in total. The zero-order valence-electron chi connectivity index (χ0n) is 13.3. The van der Waals surface area contributed by atoms with Gasteiger partial charge in [-0.3, -0.25) is 4.79 Å². The first-order valence-corrected chi connectivity index (χ1v) is 7.84. The van der Waals surface area contributed by atoms with Crippen LogP contribution in [-0.4, -0.2) is 50.7 Å². The van der Waals surface area contributed by atoms with Crippen LogP contribution in [0.3, 0.4) is 0 Å².